The highest BCUT2D eigenvalue weighted by Crippen LogP contribution is 2.30. The van der Waals surface area contributed by atoms with E-state index in [9.17, 15) is 4.79 Å². The average molecular weight is 372 g/mol. The van der Waals surface area contributed by atoms with Gasteiger partial charge in [0.15, 0.2) is 5.82 Å². The molecule has 0 radical (unpaired) electrons. The summed E-state index contributed by atoms with van der Waals surface area (Å²) in [6.45, 7) is 0. The molecule has 0 saturated heterocycles. The van der Waals surface area contributed by atoms with Crippen LogP contribution in [0.25, 0.3) is 22.3 Å². The van der Waals surface area contributed by atoms with Crippen LogP contribution in [-0.2, 0) is 0 Å². The third-order valence-corrected chi connectivity index (χ3v) is 4.16. The van der Waals surface area contributed by atoms with Gasteiger partial charge >= 0.3 is 0 Å². The van der Waals surface area contributed by atoms with Gasteiger partial charge in [-0.25, -0.2) is 9.97 Å². The Balaban J connectivity index is 1.91. The number of nitrogens with two attached hydrogens (primary N) is 1. The molecule has 1 aromatic carbocycles. The van der Waals surface area contributed by atoms with Crippen LogP contribution in [0.2, 0.25) is 0 Å². The second-order valence-electron chi connectivity index (χ2n) is 5.93. The van der Waals surface area contributed by atoms with Gasteiger partial charge in [-0.15, -0.1) is 0 Å². The largest absolute Gasteiger partial charge is 0.497 e. The smallest absolute Gasteiger partial charge is 0.250 e. The van der Waals surface area contributed by atoms with E-state index in [1.807, 2.05) is 30.3 Å². The number of carbonyl (C=O) groups is 1. The van der Waals surface area contributed by atoms with Crippen LogP contribution in [0.5, 0.6) is 5.75 Å². The van der Waals surface area contributed by atoms with E-state index in [4.69, 9.17) is 10.5 Å². The number of hydrogen-bond donors (Lipinski definition) is 2. The lowest BCUT2D eigenvalue weighted by Crippen LogP contribution is -2.14. The Labute approximate surface area is 160 Å². The summed E-state index contributed by atoms with van der Waals surface area (Å²) in [6.07, 6.45) is 6.40. The molecule has 3 N–H and O–H groups in total. The first-order chi connectivity index (χ1) is 13.7. The SMILES string of the molecule is COc1ccc2nc(-c3cccnc3)nc(Nc3cnccc3C(N)=O)c2c1. The second-order valence-corrected chi connectivity index (χ2v) is 5.93. The lowest BCUT2D eigenvalue weighted by Gasteiger charge is -2.13. The number of carbonyl (C=O) groups excluding carboxylic acids is 1. The van der Waals surface area contributed by atoms with Crippen molar-refractivity contribution < 1.29 is 9.53 Å². The Morgan fingerprint density at radius 1 is 1.07 bits per heavy atom. The van der Waals surface area contributed by atoms with Crippen LogP contribution in [0.15, 0.2) is 61.2 Å². The van der Waals surface area contributed by atoms with Gasteiger partial charge in [-0.2, -0.15) is 0 Å². The van der Waals surface area contributed by atoms with Crippen molar-refractivity contribution in [3.8, 4) is 17.1 Å². The van der Waals surface area contributed by atoms with Crippen LogP contribution in [0.3, 0.4) is 0 Å². The van der Waals surface area contributed by atoms with Gasteiger partial charge in [0.1, 0.15) is 11.6 Å². The monoisotopic (exact) mass is 372 g/mol. The van der Waals surface area contributed by atoms with E-state index >= 15 is 0 Å². The van der Waals surface area contributed by atoms with Crippen molar-refractivity contribution in [3.05, 3.63) is 66.7 Å². The standard InChI is InChI=1S/C20H16N6O2/c1-28-13-4-5-16-15(9-13)20(25-17-11-23-8-6-14(17)18(21)27)26-19(24-16)12-3-2-7-22-10-12/h2-11H,1H3,(H2,21,27)(H,24,25,26). The maximum absolute atomic E-state index is 11.8. The van der Waals surface area contributed by atoms with Crippen LogP contribution >= 0.6 is 0 Å². The van der Waals surface area contributed by atoms with Gasteiger partial charge in [0.05, 0.1) is 30.1 Å². The summed E-state index contributed by atoms with van der Waals surface area (Å²) in [6, 6.07) is 10.7. The molecule has 0 unspecified atom stereocenters. The fourth-order valence-electron chi connectivity index (χ4n) is 2.79. The molecule has 4 aromatic rings. The van der Waals surface area contributed by atoms with E-state index in [1.54, 1.807) is 25.6 Å². The predicted octanol–water partition coefficient (Wildman–Crippen LogP) is 2.94. The van der Waals surface area contributed by atoms with Crippen molar-refractivity contribution in [2.24, 2.45) is 5.73 Å². The molecule has 1 amide bonds. The molecule has 28 heavy (non-hydrogen) atoms. The lowest BCUT2D eigenvalue weighted by atomic mass is 10.1. The molecule has 0 bridgehead atoms. The number of ether oxygens (including phenoxy) is 1. The van der Waals surface area contributed by atoms with Crippen molar-refractivity contribution in [2.75, 3.05) is 12.4 Å². The summed E-state index contributed by atoms with van der Waals surface area (Å²) in [5.41, 5.74) is 7.72. The van der Waals surface area contributed by atoms with Gasteiger partial charge in [0.2, 0.25) is 0 Å². The van der Waals surface area contributed by atoms with E-state index in [-0.39, 0.29) is 0 Å². The van der Waals surface area contributed by atoms with Gasteiger partial charge in [0, 0.05) is 29.5 Å². The quantitative estimate of drug-likeness (QED) is 0.553. The fourth-order valence-corrected chi connectivity index (χ4v) is 2.79. The van der Waals surface area contributed by atoms with E-state index in [2.05, 4.69) is 25.3 Å². The number of aromatic nitrogens is 4. The van der Waals surface area contributed by atoms with Gasteiger partial charge in [0.25, 0.3) is 5.91 Å². The minimum Gasteiger partial charge on any atom is -0.497 e. The molecular weight excluding hydrogens is 356 g/mol. The molecule has 0 spiro atoms. The highest BCUT2D eigenvalue weighted by Gasteiger charge is 2.14. The van der Waals surface area contributed by atoms with Crippen LogP contribution in [0.1, 0.15) is 10.4 Å². The first-order valence-electron chi connectivity index (χ1n) is 8.43. The van der Waals surface area contributed by atoms with E-state index < -0.39 is 5.91 Å². The van der Waals surface area contributed by atoms with Crippen LogP contribution < -0.4 is 15.8 Å². The highest BCUT2D eigenvalue weighted by atomic mass is 16.5. The topological polar surface area (TPSA) is 116 Å². The second kappa shape index (κ2) is 7.28. The summed E-state index contributed by atoms with van der Waals surface area (Å²) in [4.78, 5) is 29.2. The number of nitrogens with zero attached hydrogens (tertiary/aromatic N) is 4. The van der Waals surface area contributed by atoms with Crippen molar-refractivity contribution >= 4 is 28.3 Å². The zero-order valence-corrected chi connectivity index (χ0v) is 15.0. The molecule has 8 heteroatoms. The van der Waals surface area contributed by atoms with E-state index in [0.717, 1.165) is 10.9 Å². The number of methoxy groups -OCH3 is 1. The van der Waals surface area contributed by atoms with Gasteiger partial charge in [-0.1, -0.05) is 0 Å². The number of nitrogens with one attached hydrogen (secondary N) is 1. The molecule has 0 aliphatic rings. The minimum absolute atomic E-state index is 0.313. The first kappa shape index (κ1) is 17.3. The molecule has 138 valence electrons. The average Bonchev–Trinajstić information content (AvgIpc) is 2.74. The fraction of sp³-hybridized carbons (Fsp3) is 0.0500. The molecule has 4 rings (SSSR count). The predicted molar refractivity (Wildman–Crippen MR) is 105 cm³/mol. The highest BCUT2D eigenvalue weighted by molar-refractivity contribution is 6.00. The third kappa shape index (κ3) is 3.30. The Hall–Kier alpha value is -4.07. The normalized spacial score (nSPS) is 10.6. The number of rotatable bonds is 5. The number of hydrogen-bond acceptors (Lipinski definition) is 7. The molecule has 0 saturated carbocycles. The Morgan fingerprint density at radius 2 is 1.93 bits per heavy atom. The zero-order chi connectivity index (χ0) is 19.5. The van der Waals surface area contributed by atoms with Crippen molar-refractivity contribution in [1.29, 1.82) is 0 Å². The van der Waals surface area contributed by atoms with Gasteiger partial charge in [-0.3, -0.25) is 14.8 Å². The number of amides is 1. The van der Waals surface area contributed by atoms with Crippen molar-refractivity contribution in [3.63, 3.8) is 0 Å². The maximum Gasteiger partial charge on any atom is 0.250 e. The molecule has 3 aromatic heterocycles. The maximum atomic E-state index is 11.8. The summed E-state index contributed by atoms with van der Waals surface area (Å²) < 4.78 is 5.32. The van der Waals surface area contributed by atoms with Crippen LogP contribution in [-0.4, -0.2) is 33.0 Å². The summed E-state index contributed by atoms with van der Waals surface area (Å²) >= 11 is 0. The van der Waals surface area contributed by atoms with Gasteiger partial charge < -0.3 is 15.8 Å². The summed E-state index contributed by atoms with van der Waals surface area (Å²) in [7, 11) is 1.59. The first-order valence-corrected chi connectivity index (χ1v) is 8.43. The molecule has 3 heterocycles. The van der Waals surface area contributed by atoms with Crippen LogP contribution in [0, 0.1) is 0 Å². The molecule has 0 atom stereocenters. The number of anilines is 2. The number of pyridine rings is 2. The Kier molecular flexibility index (Phi) is 4.51. The molecular formula is C20H16N6O2. The summed E-state index contributed by atoms with van der Waals surface area (Å²) in [5, 5.41) is 3.90. The lowest BCUT2D eigenvalue weighted by molar-refractivity contribution is 0.100. The third-order valence-electron chi connectivity index (χ3n) is 4.16. The van der Waals surface area contributed by atoms with E-state index in [1.165, 1.54) is 12.4 Å². The zero-order valence-electron chi connectivity index (χ0n) is 15.0. The van der Waals surface area contributed by atoms with E-state index in [0.29, 0.717) is 34.2 Å². The molecule has 0 aliphatic heterocycles. The van der Waals surface area contributed by atoms with Gasteiger partial charge in [-0.05, 0) is 36.4 Å². The minimum atomic E-state index is -0.562. The molecule has 8 nitrogen and oxygen atoms in total. The van der Waals surface area contributed by atoms with Crippen molar-refractivity contribution in [2.45, 2.75) is 0 Å². The number of benzene rings is 1. The molecule has 0 aliphatic carbocycles. The van der Waals surface area contributed by atoms with Crippen molar-refractivity contribution in [1.82, 2.24) is 19.9 Å². The Morgan fingerprint density at radius 3 is 2.68 bits per heavy atom. The molecule has 0 fully saturated rings. The Bertz CT molecular complexity index is 1160. The summed E-state index contributed by atoms with van der Waals surface area (Å²) in [5.74, 6) is 1.10. The van der Waals surface area contributed by atoms with Crippen LogP contribution in [0.4, 0.5) is 11.5 Å². The number of primary amides is 1. The number of fused-ring (bicyclic) bond motifs is 1.